The Morgan fingerprint density at radius 2 is 2.19 bits per heavy atom. The Morgan fingerprint density at radius 1 is 1.38 bits per heavy atom. The van der Waals surface area contributed by atoms with E-state index in [2.05, 4.69) is 47.5 Å². The summed E-state index contributed by atoms with van der Waals surface area (Å²) in [5, 5.41) is 5.81. The molecule has 0 aromatic carbocycles. The Labute approximate surface area is 119 Å². The number of aromatic nitrogens is 1. The predicted molar refractivity (Wildman–Crippen MR) is 76.3 cm³/mol. The first-order chi connectivity index (χ1) is 7.66. The fraction of sp³-hybridized carbons (Fsp3) is 0.100. The number of hydrogen-bond donors (Lipinski definition) is 1. The molecule has 84 valence electrons. The summed E-state index contributed by atoms with van der Waals surface area (Å²) in [4.78, 5) is 5.30. The van der Waals surface area contributed by atoms with Crippen molar-refractivity contribution in [2.75, 3.05) is 5.32 Å². The van der Waals surface area contributed by atoms with Crippen LogP contribution >= 0.6 is 54.8 Å². The van der Waals surface area contributed by atoms with Crippen LogP contribution in [0, 0.1) is 0 Å². The molecule has 0 spiro atoms. The van der Waals surface area contributed by atoms with Crippen molar-refractivity contribution in [3.8, 4) is 0 Å². The fourth-order valence-electron chi connectivity index (χ4n) is 1.15. The van der Waals surface area contributed by atoms with Crippen molar-refractivity contribution in [3.05, 3.63) is 42.7 Å². The molecule has 2 aromatic heterocycles. The molecule has 0 saturated heterocycles. The van der Waals surface area contributed by atoms with Gasteiger partial charge in [-0.1, -0.05) is 11.6 Å². The third-order valence-electron chi connectivity index (χ3n) is 1.94. The summed E-state index contributed by atoms with van der Waals surface area (Å²) in [6, 6.07) is 3.95. The number of pyridine rings is 1. The molecule has 0 fully saturated rings. The minimum atomic E-state index is 0.475. The van der Waals surface area contributed by atoms with Gasteiger partial charge in [0, 0.05) is 9.35 Å². The maximum absolute atomic E-state index is 5.81. The van der Waals surface area contributed by atoms with E-state index in [0.29, 0.717) is 5.15 Å². The van der Waals surface area contributed by atoms with Crippen LogP contribution in [0.1, 0.15) is 4.88 Å². The molecular formula is C10H7Br2ClN2S. The molecule has 0 amide bonds. The molecule has 0 unspecified atom stereocenters. The molecular weight excluding hydrogens is 375 g/mol. The lowest BCUT2D eigenvalue weighted by atomic mass is 10.4. The summed E-state index contributed by atoms with van der Waals surface area (Å²) in [6.45, 7) is 0.772. The monoisotopic (exact) mass is 380 g/mol. The molecule has 6 heteroatoms. The third-order valence-corrected chi connectivity index (χ3v) is 5.00. The molecule has 0 radical (unpaired) electrons. The van der Waals surface area contributed by atoms with Crippen LogP contribution in [0.15, 0.2) is 32.7 Å². The molecule has 2 heterocycles. The number of thiophene rings is 1. The summed E-state index contributed by atoms with van der Waals surface area (Å²) in [5.74, 6) is 0. The Kier molecular flexibility index (Phi) is 4.24. The van der Waals surface area contributed by atoms with E-state index in [4.69, 9.17) is 11.6 Å². The van der Waals surface area contributed by atoms with Gasteiger partial charge >= 0.3 is 0 Å². The average molecular weight is 383 g/mol. The maximum atomic E-state index is 5.81. The summed E-state index contributed by atoms with van der Waals surface area (Å²) in [5.41, 5.74) is 0.941. The van der Waals surface area contributed by atoms with Crippen LogP contribution in [0.4, 0.5) is 5.69 Å². The fourth-order valence-corrected chi connectivity index (χ4v) is 3.04. The van der Waals surface area contributed by atoms with E-state index in [1.807, 2.05) is 12.1 Å². The second-order valence-corrected chi connectivity index (χ2v) is 6.11. The number of hydrogen-bond acceptors (Lipinski definition) is 3. The smallest absolute Gasteiger partial charge is 0.143 e. The quantitative estimate of drug-likeness (QED) is 0.761. The number of nitrogens with one attached hydrogen (secondary N) is 1. The highest BCUT2D eigenvalue weighted by molar-refractivity contribution is 9.10. The Morgan fingerprint density at radius 3 is 2.81 bits per heavy atom. The summed E-state index contributed by atoms with van der Waals surface area (Å²) < 4.78 is 1.93. The van der Waals surface area contributed by atoms with Gasteiger partial charge < -0.3 is 5.32 Å². The molecule has 0 aliphatic carbocycles. The van der Waals surface area contributed by atoms with Gasteiger partial charge in [0.2, 0.25) is 0 Å². The van der Waals surface area contributed by atoms with Crippen molar-refractivity contribution in [3.63, 3.8) is 0 Å². The van der Waals surface area contributed by atoms with Gasteiger partial charge in [0.25, 0.3) is 0 Å². The predicted octanol–water partition coefficient (Wildman–Crippen LogP) is 4.93. The van der Waals surface area contributed by atoms with Gasteiger partial charge in [-0.3, -0.25) is 0 Å². The number of halogens is 3. The van der Waals surface area contributed by atoms with Crippen LogP contribution in [-0.2, 0) is 6.54 Å². The topological polar surface area (TPSA) is 24.9 Å². The van der Waals surface area contributed by atoms with Gasteiger partial charge in [0.15, 0.2) is 0 Å². The van der Waals surface area contributed by atoms with E-state index in [0.717, 1.165) is 21.2 Å². The van der Waals surface area contributed by atoms with E-state index >= 15 is 0 Å². The number of nitrogens with zero attached hydrogens (tertiary/aromatic N) is 1. The molecule has 0 aliphatic heterocycles. The van der Waals surface area contributed by atoms with E-state index < -0.39 is 0 Å². The van der Waals surface area contributed by atoms with Crippen LogP contribution in [0.5, 0.6) is 0 Å². The molecule has 1 N–H and O–H groups in total. The van der Waals surface area contributed by atoms with Crippen molar-refractivity contribution in [1.82, 2.24) is 4.98 Å². The zero-order chi connectivity index (χ0) is 11.5. The van der Waals surface area contributed by atoms with Crippen molar-refractivity contribution >= 4 is 60.5 Å². The summed E-state index contributed by atoms with van der Waals surface area (Å²) in [6.07, 6.45) is 1.72. The van der Waals surface area contributed by atoms with Crippen molar-refractivity contribution in [2.24, 2.45) is 0 Å². The van der Waals surface area contributed by atoms with E-state index in [1.54, 1.807) is 17.5 Å². The standard InChI is InChI=1S/C10H7Br2ClN2S/c11-7-1-2-16-9(7)5-14-6-3-8(12)10(13)15-4-6/h1-4,14H,5H2. The van der Waals surface area contributed by atoms with Crippen LogP contribution in [0.3, 0.4) is 0 Å². The van der Waals surface area contributed by atoms with Crippen LogP contribution < -0.4 is 5.32 Å². The largest absolute Gasteiger partial charge is 0.379 e. The maximum Gasteiger partial charge on any atom is 0.143 e. The van der Waals surface area contributed by atoms with Crippen LogP contribution in [-0.4, -0.2) is 4.98 Å². The van der Waals surface area contributed by atoms with Crippen LogP contribution in [0.25, 0.3) is 0 Å². The molecule has 2 rings (SSSR count). The second kappa shape index (κ2) is 5.49. The molecule has 0 bridgehead atoms. The van der Waals surface area contributed by atoms with Gasteiger partial charge in [-0.2, -0.15) is 0 Å². The normalized spacial score (nSPS) is 10.4. The highest BCUT2D eigenvalue weighted by atomic mass is 79.9. The van der Waals surface area contributed by atoms with Crippen molar-refractivity contribution in [1.29, 1.82) is 0 Å². The SMILES string of the molecule is Clc1ncc(NCc2sccc2Br)cc1Br. The lowest BCUT2D eigenvalue weighted by Gasteiger charge is -2.05. The van der Waals surface area contributed by atoms with Gasteiger partial charge in [-0.05, 0) is 49.4 Å². The Hall–Kier alpha value is -0.100. The molecule has 0 atom stereocenters. The zero-order valence-electron chi connectivity index (χ0n) is 8.01. The minimum absolute atomic E-state index is 0.475. The highest BCUT2D eigenvalue weighted by Gasteiger charge is 2.03. The first kappa shape index (κ1) is 12.4. The Balaban J connectivity index is 2.05. The highest BCUT2D eigenvalue weighted by Crippen LogP contribution is 2.26. The summed E-state index contributed by atoms with van der Waals surface area (Å²) >= 11 is 14.4. The first-order valence-corrected chi connectivity index (χ1v) is 7.28. The number of anilines is 1. The third kappa shape index (κ3) is 2.97. The summed E-state index contributed by atoms with van der Waals surface area (Å²) in [7, 11) is 0. The average Bonchev–Trinajstić information content (AvgIpc) is 2.66. The minimum Gasteiger partial charge on any atom is -0.379 e. The van der Waals surface area contributed by atoms with Gasteiger partial charge in [-0.25, -0.2) is 4.98 Å². The van der Waals surface area contributed by atoms with Gasteiger partial charge in [0.1, 0.15) is 5.15 Å². The molecule has 16 heavy (non-hydrogen) atoms. The molecule has 0 aliphatic rings. The lowest BCUT2D eigenvalue weighted by Crippen LogP contribution is -1.98. The van der Waals surface area contributed by atoms with Crippen molar-refractivity contribution in [2.45, 2.75) is 6.54 Å². The molecule has 2 nitrogen and oxygen atoms in total. The molecule has 0 saturated carbocycles. The molecule has 2 aromatic rings. The van der Waals surface area contributed by atoms with Crippen molar-refractivity contribution < 1.29 is 0 Å². The second-order valence-electron chi connectivity index (χ2n) is 3.04. The number of rotatable bonds is 3. The van der Waals surface area contributed by atoms with E-state index in [-0.39, 0.29) is 0 Å². The van der Waals surface area contributed by atoms with Gasteiger partial charge in [0.05, 0.1) is 22.9 Å². The lowest BCUT2D eigenvalue weighted by molar-refractivity contribution is 1.16. The zero-order valence-corrected chi connectivity index (χ0v) is 12.8. The van der Waals surface area contributed by atoms with Gasteiger partial charge in [-0.15, -0.1) is 11.3 Å². The van der Waals surface area contributed by atoms with Crippen LogP contribution in [0.2, 0.25) is 5.15 Å². The van der Waals surface area contributed by atoms with E-state index in [1.165, 1.54) is 4.88 Å². The van der Waals surface area contributed by atoms with E-state index in [9.17, 15) is 0 Å². The first-order valence-electron chi connectivity index (χ1n) is 4.43. The Bertz CT molecular complexity index is 501.